The van der Waals surface area contributed by atoms with E-state index < -0.39 is 0 Å². The van der Waals surface area contributed by atoms with Crippen LogP contribution in [-0.2, 0) is 15.8 Å². The lowest BCUT2D eigenvalue weighted by atomic mass is 10.2. The van der Waals surface area contributed by atoms with Crippen molar-refractivity contribution in [3.8, 4) is 0 Å². The Morgan fingerprint density at radius 1 is 1.50 bits per heavy atom. The molecule has 1 aliphatic heterocycles. The Labute approximate surface area is 86.5 Å². The van der Waals surface area contributed by atoms with Crippen molar-refractivity contribution < 1.29 is 14.6 Å². The topological polar surface area (TPSA) is 41.9 Å². The first-order valence-corrected chi connectivity index (χ1v) is 5.04. The highest BCUT2D eigenvalue weighted by atomic mass is 32.2. The van der Waals surface area contributed by atoms with Crippen molar-refractivity contribution in [2.24, 2.45) is 0 Å². The van der Waals surface area contributed by atoms with E-state index in [0.29, 0.717) is 0 Å². The van der Waals surface area contributed by atoms with Crippen LogP contribution >= 0.6 is 12.0 Å². The van der Waals surface area contributed by atoms with E-state index in [1.54, 1.807) is 0 Å². The zero-order valence-electron chi connectivity index (χ0n) is 7.77. The predicted molar refractivity (Wildman–Crippen MR) is 54.1 cm³/mol. The molecule has 0 atom stereocenters. The maximum Gasteiger partial charge on any atom is 0.0714 e. The van der Waals surface area contributed by atoms with Crippen LogP contribution in [0.4, 0.5) is 5.69 Å². The number of benzene rings is 1. The van der Waals surface area contributed by atoms with E-state index >= 15 is 0 Å². The second kappa shape index (κ2) is 4.18. The van der Waals surface area contributed by atoms with Gasteiger partial charge in [-0.15, -0.1) is 4.33 Å². The van der Waals surface area contributed by atoms with Crippen LogP contribution in [0, 0.1) is 0 Å². The number of hydrogen-bond acceptors (Lipinski definition) is 5. The zero-order chi connectivity index (χ0) is 9.97. The van der Waals surface area contributed by atoms with Crippen LogP contribution < -0.4 is 4.90 Å². The average Bonchev–Trinajstić information content (AvgIpc) is 2.57. The number of hydrogen-bond donors (Lipinski definition) is 1. The van der Waals surface area contributed by atoms with Crippen molar-refractivity contribution in [3.63, 3.8) is 0 Å². The van der Waals surface area contributed by atoms with E-state index in [9.17, 15) is 0 Å². The van der Waals surface area contributed by atoms with Gasteiger partial charge in [0.05, 0.1) is 12.0 Å². The molecule has 0 spiro atoms. The van der Waals surface area contributed by atoms with Gasteiger partial charge in [0.1, 0.15) is 0 Å². The van der Waals surface area contributed by atoms with Gasteiger partial charge in [-0.25, -0.2) is 5.26 Å². The van der Waals surface area contributed by atoms with Crippen LogP contribution in [0.3, 0.4) is 0 Å². The maximum absolute atomic E-state index is 8.01. The molecule has 1 aliphatic rings. The summed E-state index contributed by atoms with van der Waals surface area (Å²) in [7, 11) is 2.08. The van der Waals surface area contributed by atoms with Crippen LogP contribution in [0.5, 0.6) is 0 Å². The van der Waals surface area contributed by atoms with Gasteiger partial charge in [0.2, 0.25) is 0 Å². The van der Waals surface area contributed by atoms with Crippen molar-refractivity contribution >= 4 is 17.7 Å². The Hall–Kier alpha value is -0.750. The van der Waals surface area contributed by atoms with Crippen molar-refractivity contribution in [3.05, 3.63) is 23.8 Å². The fraction of sp³-hybridized carbons (Fsp3) is 0.333. The number of fused-ring (bicyclic) bond motifs is 1. The Morgan fingerprint density at radius 2 is 2.36 bits per heavy atom. The summed E-state index contributed by atoms with van der Waals surface area (Å²) >= 11 is 0.997. The van der Waals surface area contributed by atoms with Gasteiger partial charge in [0.15, 0.2) is 0 Å². The third-order valence-corrected chi connectivity index (χ3v) is 2.91. The molecule has 0 radical (unpaired) electrons. The van der Waals surface area contributed by atoms with Gasteiger partial charge in [-0.05, 0) is 30.2 Å². The van der Waals surface area contributed by atoms with E-state index in [0.717, 1.165) is 29.9 Å². The fourth-order valence-corrected chi connectivity index (χ4v) is 2.07. The summed E-state index contributed by atoms with van der Waals surface area (Å²) in [6.45, 7) is 1.06. The number of nitrogens with zero attached hydrogens (tertiary/aromatic N) is 1. The van der Waals surface area contributed by atoms with Crippen LogP contribution in [-0.4, -0.2) is 18.8 Å². The Bertz CT molecular complexity index is 332. The lowest BCUT2D eigenvalue weighted by Crippen LogP contribution is -2.12. The van der Waals surface area contributed by atoms with Gasteiger partial charge in [0.25, 0.3) is 0 Å². The second-order valence-electron chi connectivity index (χ2n) is 3.19. The van der Waals surface area contributed by atoms with Crippen molar-refractivity contribution in [1.82, 2.24) is 0 Å². The van der Waals surface area contributed by atoms with Crippen LogP contribution in [0.2, 0.25) is 0 Å². The smallest absolute Gasteiger partial charge is 0.0714 e. The predicted octanol–water partition coefficient (Wildman–Crippen LogP) is 2.11. The maximum atomic E-state index is 8.01. The van der Waals surface area contributed by atoms with Gasteiger partial charge in [-0.1, -0.05) is 5.04 Å². The standard InChI is InChI=1S/C9H11NO3S/c1-10-5-4-7-6-8(14-13-12-11)2-3-9(7)10/h2-3,6,11H,4-5H2,1H3. The molecule has 0 fully saturated rings. The van der Waals surface area contributed by atoms with Gasteiger partial charge in [-0.2, -0.15) is 0 Å². The van der Waals surface area contributed by atoms with Crippen molar-refractivity contribution in [1.29, 1.82) is 0 Å². The molecular weight excluding hydrogens is 202 g/mol. The van der Waals surface area contributed by atoms with Gasteiger partial charge in [0, 0.05) is 24.2 Å². The molecule has 0 saturated carbocycles. The molecule has 0 aromatic heterocycles. The number of likely N-dealkylation sites (N-methyl/N-ethyl adjacent to an activating group) is 1. The highest BCUT2D eigenvalue weighted by Gasteiger charge is 2.15. The first-order chi connectivity index (χ1) is 6.81. The molecule has 1 heterocycles. The van der Waals surface area contributed by atoms with Gasteiger partial charge < -0.3 is 4.90 Å². The summed E-state index contributed by atoms with van der Waals surface area (Å²) in [5.41, 5.74) is 2.57. The Kier molecular flexibility index (Phi) is 2.93. The SMILES string of the molecule is CN1CCc2cc(SOOO)ccc21. The molecule has 5 heteroatoms. The molecule has 14 heavy (non-hydrogen) atoms. The summed E-state index contributed by atoms with van der Waals surface area (Å²) < 4.78 is 4.36. The van der Waals surface area contributed by atoms with Gasteiger partial charge >= 0.3 is 0 Å². The third kappa shape index (κ3) is 1.85. The zero-order valence-corrected chi connectivity index (χ0v) is 8.58. The summed E-state index contributed by atoms with van der Waals surface area (Å²) in [6, 6.07) is 6.03. The summed E-state index contributed by atoms with van der Waals surface area (Å²) in [5, 5.41) is 11.6. The number of rotatable bonds is 3. The lowest BCUT2D eigenvalue weighted by Gasteiger charge is -2.11. The molecule has 4 nitrogen and oxygen atoms in total. The summed E-state index contributed by atoms with van der Waals surface area (Å²) in [6.07, 6.45) is 1.06. The summed E-state index contributed by atoms with van der Waals surface area (Å²) in [4.78, 5) is 3.14. The Morgan fingerprint density at radius 3 is 3.14 bits per heavy atom. The van der Waals surface area contributed by atoms with Crippen LogP contribution in [0.15, 0.2) is 23.1 Å². The molecule has 76 valence electrons. The molecule has 1 N–H and O–H groups in total. The average molecular weight is 213 g/mol. The minimum atomic E-state index is 0.924. The molecule has 0 bridgehead atoms. The van der Waals surface area contributed by atoms with E-state index in [-0.39, 0.29) is 0 Å². The van der Waals surface area contributed by atoms with Crippen molar-refractivity contribution in [2.75, 3.05) is 18.5 Å². The quantitative estimate of drug-likeness (QED) is 0.473. The van der Waals surface area contributed by atoms with Gasteiger partial charge in [-0.3, -0.25) is 0 Å². The molecule has 1 aromatic carbocycles. The summed E-state index contributed by atoms with van der Waals surface area (Å²) in [5.74, 6) is 0. The van der Waals surface area contributed by atoms with E-state index in [1.807, 2.05) is 18.2 Å². The first-order valence-electron chi connectivity index (χ1n) is 4.30. The van der Waals surface area contributed by atoms with Crippen LogP contribution in [0.25, 0.3) is 0 Å². The molecule has 0 saturated heterocycles. The molecule has 0 aliphatic carbocycles. The minimum absolute atomic E-state index is 0.924. The van der Waals surface area contributed by atoms with Crippen LogP contribution in [0.1, 0.15) is 5.56 Å². The largest absolute Gasteiger partial charge is 0.374 e. The third-order valence-electron chi connectivity index (χ3n) is 2.34. The highest BCUT2D eigenvalue weighted by molar-refractivity contribution is 7.94. The molecule has 1 aromatic rings. The molecule has 2 rings (SSSR count). The first kappa shape index (κ1) is 9.79. The van der Waals surface area contributed by atoms with E-state index in [2.05, 4.69) is 21.3 Å². The lowest BCUT2D eigenvalue weighted by molar-refractivity contribution is -0.432. The molecule has 0 amide bonds. The monoisotopic (exact) mass is 213 g/mol. The van der Waals surface area contributed by atoms with E-state index in [1.165, 1.54) is 11.3 Å². The van der Waals surface area contributed by atoms with E-state index in [4.69, 9.17) is 5.26 Å². The number of anilines is 1. The Balaban J connectivity index is 2.15. The van der Waals surface area contributed by atoms with Crippen molar-refractivity contribution in [2.45, 2.75) is 11.3 Å². The molecular formula is C9H11NO3S. The minimum Gasteiger partial charge on any atom is -0.374 e. The fourth-order valence-electron chi connectivity index (χ4n) is 1.65. The highest BCUT2D eigenvalue weighted by Crippen LogP contribution is 2.31. The normalized spacial score (nSPS) is 14.6. The molecule has 0 unspecified atom stereocenters. The second-order valence-corrected chi connectivity index (χ2v) is 3.96.